The molecule has 8 heteroatoms. The smallest absolute Gasteiger partial charge is 0.335 e. The zero-order valence-corrected chi connectivity index (χ0v) is 24.1. The van der Waals surface area contributed by atoms with Gasteiger partial charge in [0.05, 0.1) is 18.7 Å². The molecular formula is C31H38BrN2O5+. The standard InChI is InChI=1S/C16H21NO3.C14H13NO2.CH3Br/c1-2-12-7-9-17(10-8-12)11-15(18)13-3-5-14(6-4-13)16(19)20;16-14(17)13(11-7-3-1-4-8-11)15-12-9-5-2-6-10-12;1-2/h3-6,12H,2,7-11H2,1H3,(H,19,20);1-10,13,15H,(H,16,17);1H3/p+1/t;13-;/m.1./s1. The van der Waals surface area contributed by atoms with Crippen molar-refractivity contribution in [2.75, 3.05) is 30.8 Å². The van der Waals surface area contributed by atoms with Crippen LogP contribution in [0.15, 0.2) is 84.9 Å². The highest BCUT2D eigenvalue weighted by Gasteiger charge is 2.23. The number of likely N-dealkylation sites (tertiary alicyclic amines) is 1. The lowest BCUT2D eigenvalue weighted by Gasteiger charge is -2.28. The van der Waals surface area contributed by atoms with Gasteiger partial charge in [0.25, 0.3) is 0 Å². The molecule has 0 saturated carbocycles. The number of carboxylic acid groups (broad SMARTS) is 2. The number of hydrogen-bond acceptors (Lipinski definition) is 4. The van der Waals surface area contributed by atoms with Gasteiger partial charge in [0.15, 0.2) is 6.04 Å². The number of carbonyl (C=O) groups is 3. The minimum absolute atomic E-state index is 0.104. The Kier molecular flexibility index (Phi) is 14.0. The lowest BCUT2D eigenvalue weighted by Crippen LogP contribution is -3.13. The van der Waals surface area contributed by atoms with Crippen LogP contribution >= 0.6 is 15.9 Å². The number of ketones is 1. The van der Waals surface area contributed by atoms with E-state index in [-0.39, 0.29) is 11.3 Å². The largest absolute Gasteiger partial charge is 0.479 e. The molecule has 0 bridgehead atoms. The van der Waals surface area contributed by atoms with E-state index in [2.05, 4.69) is 28.2 Å². The van der Waals surface area contributed by atoms with E-state index in [0.29, 0.717) is 12.1 Å². The molecule has 0 aromatic heterocycles. The molecule has 4 N–H and O–H groups in total. The Labute approximate surface area is 239 Å². The maximum atomic E-state index is 12.2. The Morgan fingerprint density at radius 1 is 0.846 bits per heavy atom. The summed E-state index contributed by atoms with van der Waals surface area (Å²) in [4.78, 5) is 35.5. The summed E-state index contributed by atoms with van der Waals surface area (Å²) >= 11 is 2.94. The van der Waals surface area contributed by atoms with E-state index in [4.69, 9.17) is 5.11 Å². The number of halogens is 1. The van der Waals surface area contributed by atoms with Gasteiger partial charge in [0, 0.05) is 11.3 Å². The van der Waals surface area contributed by atoms with Crippen molar-refractivity contribution >= 4 is 39.3 Å². The van der Waals surface area contributed by atoms with Crippen LogP contribution in [0.2, 0.25) is 0 Å². The first-order valence-corrected chi connectivity index (χ1v) is 14.6. The summed E-state index contributed by atoms with van der Waals surface area (Å²) in [5.74, 6) is 0.888. The first-order valence-electron chi connectivity index (χ1n) is 13.0. The van der Waals surface area contributed by atoms with Crippen molar-refractivity contribution in [2.45, 2.75) is 32.2 Å². The van der Waals surface area contributed by atoms with Crippen LogP contribution in [-0.2, 0) is 4.79 Å². The Hall–Kier alpha value is -3.49. The van der Waals surface area contributed by atoms with Gasteiger partial charge in [-0.25, -0.2) is 9.59 Å². The second-order valence-electron chi connectivity index (χ2n) is 9.28. The number of para-hydroxylation sites is 1. The summed E-state index contributed by atoms with van der Waals surface area (Å²) in [7, 11) is 0. The fourth-order valence-corrected chi connectivity index (χ4v) is 4.43. The number of nitrogens with one attached hydrogen (secondary N) is 2. The molecule has 4 rings (SSSR count). The molecule has 0 spiro atoms. The maximum absolute atomic E-state index is 12.2. The highest BCUT2D eigenvalue weighted by molar-refractivity contribution is 9.08. The zero-order valence-electron chi connectivity index (χ0n) is 22.5. The molecule has 1 atom stereocenters. The van der Waals surface area contributed by atoms with Crippen LogP contribution in [0.1, 0.15) is 58.5 Å². The van der Waals surface area contributed by atoms with Crippen molar-refractivity contribution in [1.29, 1.82) is 0 Å². The highest BCUT2D eigenvalue weighted by Crippen LogP contribution is 2.19. The Bertz CT molecular complexity index is 1150. The van der Waals surface area contributed by atoms with Gasteiger partial charge in [0.1, 0.15) is 6.54 Å². The normalized spacial score (nSPS) is 16.8. The van der Waals surface area contributed by atoms with Crippen molar-refractivity contribution in [1.82, 2.24) is 0 Å². The number of rotatable bonds is 9. The van der Waals surface area contributed by atoms with Gasteiger partial charge in [-0.2, -0.15) is 0 Å². The first-order chi connectivity index (χ1) is 18.9. The average molecular weight is 599 g/mol. The van der Waals surface area contributed by atoms with Crippen molar-refractivity contribution < 1.29 is 29.5 Å². The molecular weight excluding hydrogens is 560 g/mol. The van der Waals surface area contributed by atoms with Crippen molar-refractivity contribution in [3.8, 4) is 0 Å². The predicted octanol–water partition coefficient (Wildman–Crippen LogP) is 5.21. The minimum atomic E-state index is -0.962. The Morgan fingerprint density at radius 3 is 1.85 bits per heavy atom. The zero-order chi connectivity index (χ0) is 28.6. The fourth-order valence-electron chi connectivity index (χ4n) is 4.43. The number of benzene rings is 3. The second kappa shape index (κ2) is 17.2. The molecule has 39 heavy (non-hydrogen) atoms. The van der Waals surface area contributed by atoms with Crippen molar-refractivity contribution in [2.24, 2.45) is 5.92 Å². The highest BCUT2D eigenvalue weighted by atomic mass is 79.9. The number of aromatic carboxylic acids is 1. The molecule has 208 valence electrons. The number of Topliss-reactive ketones (excluding diaryl/α,β-unsaturated/α-hetero) is 1. The molecule has 0 radical (unpaired) electrons. The molecule has 1 heterocycles. The predicted molar refractivity (Wildman–Crippen MR) is 158 cm³/mol. The van der Waals surface area contributed by atoms with Gasteiger partial charge >= 0.3 is 11.9 Å². The van der Waals surface area contributed by atoms with E-state index in [0.717, 1.165) is 30.3 Å². The summed E-state index contributed by atoms with van der Waals surface area (Å²) in [6.45, 7) is 4.88. The molecule has 1 saturated heterocycles. The van der Waals surface area contributed by atoms with Gasteiger partial charge in [-0.1, -0.05) is 89.9 Å². The Morgan fingerprint density at radius 2 is 1.36 bits per heavy atom. The number of anilines is 1. The molecule has 1 aliphatic rings. The van der Waals surface area contributed by atoms with E-state index in [9.17, 15) is 19.5 Å². The van der Waals surface area contributed by atoms with E-state index in [1.165, 1.54) is 36.3 Å². The van der Waals surface area contributed by atoms with Crippen molar-refractivity contribution in [3.63, 3.8) is 0 Å². The van der Waals surface area contributed by atoms with Crippen LogP contribution in [-0.4, -0.2) is 53.4 Å². The van der Waals surface area contributed by atoms with Crippen molar-refractivity contribution in [3.05, 3.63) is 102 Å². The molecule has 3 aromatic carbocycles. The molecule has 0 aliphatic carbocycles. The molecule has 1 fully saturated rings. The number of aliphatic carboxylic acids is 1. The molecule has 7 nitrogen and oxygen atoms in total. The summed E-state index contributed by atoms with van der Waals surface area (Å²) in [5, 5.41) is 21.1. The average Bonchev–Trinajstić information content (AvgIpc) is 2.98. The number of piperidine rings is 1. The monoisotopic (exact) mass is 597 g/mol. The van der Waals surface area contributed by atoms with Crippen LogP contribution in [0.3, 0.4) is 0 Å². The summed E-state index contributed by atoms with van der Waals surface area (Å²) in [5.41, 5.74) is 2.37. The van der Waals surface area contributed by atoms with Gasteiger partial charge in [-0.05, 0) is 54.4 Å². The van der Waals surface area contributed by atoms with Crippen LogP contribution in [0, 0.1) is 5.92 Å². The van der Waals surface area contributed by atoms with Crippen LogP contribution in [0.5, 0.6) is 0 Å². The molecule has 1 aliphatic heterocycles. The third-order valence-electron chi connectivity index (χ3n) is 6.72. The number of alkyl halides is 1. The molecule has 3 aromatic rings. The van der Waals surface area contributed by atoms with Crippen LogP contribution in [0.4, 0.5) is 5.69 Å². The van der Waals surface area contributed by atoms with E-state index in [1.807, 2.05) is 54.4 Å². The number of hydrogen-bond donors (Lipinski definition) is 4. The molecule has 0 unspecified atom stereocenters. The first kappa shape index (κ1) is 31.7. The SMILES string of the molecule is CBr.CCC1CC[NH+](CC(=O)c2ccc(C(=O)O)cc2)CC1.O=C(O)[C@H](Nc1ccccc1)c1ccccc1. The lowest BCUT2D eigenvalue weighted by molar-refractivity contribution is -0.897. The van der Waals surface area contributed by atoms with Crippen LogP contribution < -0.4 is 10.2 Å². The summed E-state index contributed by atoms with van der Waals surface area (Å²) in [6, 6.07) is 23.9. The van der Waals surface area contributed by atoms with Gasteiger partial charge in [-0.15, -0.1) is 0 Å². The third kappa shape index (κ3) is 10.7. The summed E-state index contributed by atoms with van der Waals surface area (Å²) in [6.07, 6.45) is 3.64. The van der Waals surface area contributed by atoms with Gasteiger partial charge in [-0.3, -0.25) is 4.79 Å². The second-order valence-corrected chi connectivity index (χ2v) is 9.28. The number of carboxylic acids is 2. The van der Waals surface area contributed by atoms with Gasteiger partial charge in [0.2, 0.25) is 5.78 Å². The van der Waals surface area contributed by atoms with Gasteiger partial charge < -0.3 is 20.4 Å². The fraction of sp³-hybridized carbons (Fsp3) is 0.323. The van der Waals surface area contributed by atoms with E-state index >= 15 is 0 Å². The van der Waals surface area contributed by atoms with Crippen LogP contribution in [0.25, 0.3) is 0 Å². The third-order valence-corrected chi connectivity index (χ3v) is 6.72. The molecule has 0 amide bonds. The topological polar surface area (TPSA) is 108 Å². The minimum Gasteiger partial charge on any atom is -0.479 e. The summed E-state index contributed by atoms with van der Waals surface area (Å²) < 4.78 is 0. The number of carbonyl (C=O) groups excluding carboxylic acids is 1. The maximum Gasteiger partial charge on any atom is 0.335 e. The Balaban J connectivity index is 0.000000260. The van der Waals surface area contributed by atoms with E-state index in [1.54, 1.807) is 24.3 Å². The van der Waals surface area contributed by atoms with E-state index < -0.39 is 18.0 Å². The quantitative estimate of drug-likeness (QED) is 0.199. The lowest BCUT2D eigenvalue weighted by atomic mass is 9.94. The number of quaternary nitrogens is 1.